The Hall–Kier alpha value is -5.05. The second-order valence-electron chi connectivity index (χ2n) is 7.66. The first-order valence-electron chi connectivity index (χ1n) is 10.8. The Bertz CT molecular complexity index is 1440. The highest BCUT2D eigenvalue weighted by Gasteiger charge is 2.26. The molecule has 1 atom stereocenters. The lowest BCUT2D eigenvalue weighted by Crippen LogP contribution is -2.29. The van der Waals surface area contributed by atoms with Crippen molar-refractivity contribution in [2.75, 3.05) is 5.32 Å². The van der Waals surface area contributed by atoms with Gasteiger partial charge < -0.3 is 15.8 Å². The number of ether oxygens (including phenoxy) is 1. The van der Waals surface area contributed by atoms with Crippen molar-refractivity contribution >= 4 is 29.2 Å². The first-order chi connectivity index (χ1) is 17.1. The van der Waals surface area contributed by atoms with Gasteiger partial charge in [-0.3, -0.25) is 10.2 Å². The van der Waals surface area contributed by atoms with E-state index in [1.54, 1.807) is 16.9 Å². The normalized spacial score (nSPS) is 15.4. The number of amidine groups is 1. The SMILES string of the molecule is N=C(OC(N)=N[C@H]1N=C(c2ccccc2)c2ccccc2NC1=O)c1cnn(-c2ccccc2)c1. The van der Waals surface area contributed by atoms with Crippen LogP contribution in [0, 0.1) is 5.41 Å². The second-order valence-corrected chi connectivity index (χ2v) is 7.66. The number of anilines is 1. The predicted octanol–water partition coefficient (Wildman–Crippen LogP) is 3.34. The molecule has 0 unspecified atom stereocenters. The molecule has 2 heterocycles. The summed E-state index contributed by atoms with van der Waals surface area (Å²) in [6.07, 6.45) is 1.94. The number of nitrogens with one attached hydrogen (secondary N) is 2. The van der Waals surface area contributed by atoms with Crippen LogP contribution in [0.5, 0.6) is 0 Å². The molecular formula is C26H21N7O2. The van der Waals surface area contributed by atoms with Crippen LogP contribution >= 0.6 is 0 Å². The highest BCUT2D eigenvalue weighted by molar-refractivity contribution is 6.19. The van der Waals surface area contributed by atoms with Gasteiger partial charge in [0.15, 0.2) is 0 Å². The maximum atomic E-state index is 12.9. The maximum absolute atomic E-state index is 12.9. The summed E-state index contributed by atoms with van der Waals surface area (Å²) < 4.78 is 7.02. The Morgan fingerprint density at radius 2 is 1.69 bits per heavy atom. The number of hydrogen-bond acceptors (Lipinski definition) is 6. The molecule has 1 aliphatic rings. The van der Waals surface area contributed by atoms with Crippen LogP contribution in [0.4, 0.5) is 5.69 Å². The topological polar surface area (TPSA) is 131 Å². The van der Waals surface area contributed by atoms with E-state index in [9.17, 15) is 4.79 Å². The highest BCUT2D eigenvalue weighted by atomic mass is 16.5. The van der Waals surface area contributed by atoms with Gasteiger partial charge in [-0.15, -0.1) is 0 Å². The standard InChI is InChI=1S/C26H21N7O2/c27-23(18-15-29-33(16-18)19-11-5-2-6-12-19)35-26(28)32-24-25(34)30-21-14-8-7-13-20(21)22(31-24)17-9-3-1-4-10-17/h1-16,24,27H,(H2,28,32)(H,30,34)/t24-/m1/s1. The van der Waals surface area contributed by atoms with Gasteiger partial charge >= 0.3 is 0 Å². The molecule has 0 bridgehead atoms. The molecule has 5 rings (SSSR count). The molecule has 4 N–H and O–H groups in total. The average molecular weight is 464 g/mol. The fraction of sp³-hybridized carbons (Fsp3) is 0.0385. The Kier molecular flexibility index (Phi) is 5.87. The molecule has 1 amide bonds. The summed E-state index contributed by atoms with van der Waals surface area (Å²) in [4.78, 5) is 21.7. The predicted molar refractivity (Wildman–Crippen MR) is 134 cm³/mol. The number of rotatable bonds is 4. The van der Waals surface area contributed by atoms with E-state index in [1.165, 1.54) is 6.20 Å². The number of nitrogens with zero attached hydrogens (tertiary/aromatic N) is 4. The van der Waals surface area contributed by atoms with Crippen molar-refractivity contribution in [3.63, 3.8) is 0 Å². The zero-order valence-corrected chi connectivity index (χ0v) is 18.5. The molecule has 0 saturated heterocycles. The minimum Gasteiger partial charge on any atom is -0.407 e. The Balaban J connectivity index is 1.41. The third-order valence-corrected chi connectivity index (χ3v) is 5.29. The van der Waals surface area contributed by atoms with Gasteiger partial charge in [0.05, 0.1) is 28.8 Å². The molecular weight excluding hydrogens is 442 g/mol. The van der Waals surface area contributed by atoms with Gasteiger partial charge in [-0.1, -0.05) is 66.7 Å². The lowest BCUT2D eigenvalue weighted by atomic mass is 10.0. The molecule has 1 aliphatic heterocycles. The zero-order valence-electron chi connectivity index (χ0n) is 18.5. The van der Waals surface area contributed by atoms with E-state index in [1.807, 2.05) is 78.9 Å². The Morgan fingerprint density at radius 3 is 2.46 bits per heavy atom. The van der Waals surface area contributed by atoms with Crippen LogP contribution in [0.3, 0.4) is 0 Å². The van der Waals surface area contributed by atoms with Crippen LogP contribution in [0.2, 0.25) is 0 Å². The van der Waals surface area contributed by atoms with Gasteiger partial charge in [0.1, 0.15) is 0 Å². The monoisotopic (exact) mass is 463 g/mol. The van der Waals surface area contributed by atoms with E-state index in [0.29, 0.717) is 17.0 Å². The van der Waals surface area contributed by atoms with Crippen LogP contribution in [0.1, 0.15) is 16.7 Å². The largest absolute Gasteiger partial charge is 0.407 e. The Labute approximate surface area is 201 Å². The van der Waals surface area contributed by atoms with Gasteiger partial charge in [-0.05, 0) is 18.2 Å². The fourth-order valence-electron chi connectivity index (χ4n) is 3.63. The number of aliphatic imine (C=N–C) groups is 2. The number of carbonyl (C=O) groups excluding carboxylic acids is 1. The number of benzodiazepines with no additional fused rings is 1. The van der Waals surface area contributed by atoms with Crippen molar-refractivity contribution in [3.05, 3.63) is 114 Å². The van der Waals surface area contributed by atoms with Crippen molar-refractivity contribution < 1.29 is 9.53 Å². The molecule has 35 heavy (non-hydrogen) atoms. The van der Waals surface area contributed by atoms with Crippen molar-refractivity contribution in [3.8, 4) is 5.69 Å². The van der Waals surface area contributed by atoms with Crippen molar-refractivity contribution in [1.82, 2.24) is 9.78 Å². The van der Waals surface area contributed by atoms with Gasteiger partial charge in [-0.25, -0.2) is 9.67 Å². The van der Waals surface area contributed by atoms with Crippen molar-refractivity contribution in [2.45, 2.75) is 6.17 Å². The van der Waals surface area contributed by atoms with Gasteiger partial charge in [0.25, 0.3) is 11.9 Å². The number of fused-ring (bicyclic) bond motifs is 1. The first kappa shape index (κ1) is 21.8. The zero-order chi connectivity index (χ0) is 24.2. The smallest absolute Gasteiger partial charge is 0.291 e. The molecule has 0 saturated carbocycles. The van der Waals surface area contributed by atoms with Gasteiger partial charge in [-0.2, -0.15) is 10.1 Å². The lowest BCUT2D eigenvalue weighted by molar-refractivity contribution is -0.117. The third kappa shape index (κ3) is 4.69. The number of nitrogens with two attached hydrogens (primary N) is 1. The van der Waals surface area contributed by atoms with Crippen molar-refractivity contribution in [1.29, 1.82) is 5.41 Å². The molecule has 0 spiro atoms. The average Bonchev–Trinajstić information content (AvgIpc) is 3.34. The van der Waals surface area contributed by atoms with Crippen LogP contribution < -0.4 is 11.1 Å². The number of para-hydroxylation sites is 2. The summed E-state index contributed by atoms with van der Waals surface area (Å²) in [6, 6.07) is 26.0. The summed E-state index contributed by atoms with van der Waals surface area (Å²) in [5.74, 6) is -0.712. The highest BCUT2D eigenvalue weighted by Crippen LogP contribution is 2.24. The fourth-order valence-corrected chi connectivity index (χ4v) is 3.63. The van der Waals surface area contributed by atoms with Gasteiger partial charge in [0, 0.05) is 17.3 Å². The molecule has 9 nitrogen and oxygen atoms in total. The molecule has 4 aromatic rings. The maximum Gasteiger partial charge on any atom is 0.291 e. The minimum atomic E-state index is -1.20. The van der Waals surface area contributed by atoms with Crippen LogP contribution in [0.15, 0.2) is 107 Å². The molecule has 0 aliphatic carbocycles. The molecule has 1 aromatic heterocycles. The molecule has 9 heteroatoms. The molecule has 0 radical (unpaired) electrons. The third-order valence-electron chi connectivity index (χ3n) is 5.29. The lowest BCUT2D eigenvalue weighted by Gasteiger charge is -2.09. The van der Waals surface area contributed by atoms with E-state index < -0.39 is 12.1 Å². The minimum absolute atomic E-state index is 0.252. The summed E-state index contributed by atoms with van der Waals surface area (Å²) >= 11 is 0. The van der Waals surface area contributed by atoms with E-state index in [2.05, 4.69) is 20.4 Å². The first-order valence-corrected chi connectivity index (χ1v) is 10.8. The van der Waals surface area contributed by atoms with E-state index in [0.717, 1.165) is 16.8 Å². The summed E-state index contributed by atoms with van der Waals surface area (Å²) in [7, 11) is 0. The van der Waals surface area contributed by atoms with E-state index in [-0.39, 0.29) is 11.9 Å². The van der Waals surface area contributed by atoms with Crippen LogP contribution in [-0.4, -0.2) is 39.5 Å². The van der Waals surface area contributed by atoms with Crippen molar-refractivity contribution in [2.24, 2.45) is 15.7 Å². The number of aromatic nitrogens is 2. The summed E-state index contributed by atoms with van der Waals surface area (Å²) in [5.41, 5.74) is 10.0. The summed E-state index contributed by atoms with van der Waals surface area (Å²) in [5, 5.41) is 15.3. The molecule has 172 valence electrons. The van der Waals surface area contributed by atoms with E-state index >= 15 is 0 Å². The van der Waals surface area contributed by atoms with E-state index in [4.69, 9.17) is 15.9 Å². The Morgan fingerprint density at radius 1 is 1.00 bits per heavy atom. The molecule has 3 aromatic carbocycles. The summed E-state index contributed by atoms with van der Waals surface area (Å²) in [6.45, 7) is 0. The molecule has 0 fully saturated rings. The quantitative estimate of drug-likeness (QED) is 0.316. The second kappa shape index (κ2) is 9.44. The van der Waals surface area contributed by atoms with Crippen LogP contribution in [-0.2, 0) is 9.53 Å². The number of carbonyl (C=O) groups is 1. The number of benzene rings is 3. The van der Waals surface area contributed by atoms with Gasteiger partial charge in [0.2, 0.25) is 12.1 Å². The number of amides is 1. The number of hydrogen-bond donors (Lipinski definition) is 3. The van der Waals surface area contributed by atoms with Crippen LogP contribution in [0.25, 0.3) is 5.69 Å².